The Hall–Kier alpha value is -1.35. The fourth-order valence-electron chi connectivity index (χ4n) is 3.05. The molecule has 2 rings (SSSR count). The van der Waals surface area contributed by atoms with Gasteiger partial charge in [0.25, 0.3) is 0 Å². The molecule has 1 N–H and O–H groups in total. The van der Waals surface area contributed by atoms with Crippen LogP contribution in [-0.4, -0.2) is 29.9 Å². The molecule has 1 amide bonds. The summed E-state index contributed by atoms with van der Waals surface area (Å²) in [7, 11) is 0. The third-order valence-corrected chi connectivity index (χ3v) is 4.27. The van der Waals surface area contributed by atoms with Crippen LogP contribution in [0.4, 0.5) is 0 Å². The lowest BCUT2D eigenvalue weighted by Crippen LogP contribution is -2.43. The molecule has 1 aliphatic heterocycles. The second-order valence-corrected chi connectivity index (χ2v) is 6.62. The predicted molar refractivity (Wildman–Crippen MR) is 87.2 cm³/mol. The summed E-state index contributed by atoms with van der Waals surface area (Å²) in [5, 5.41) is 3.38. The molecule has 116 valence electrons. The van der Waals surface area contributed by atoms with Gasteiger partial charge in [-0.2, -0.15) is 0 Å². The van der Waals surface area contributed by atoms with Crippen molar-refractivity contribution < 1.29 is 4.79 Å². The van der Waals surface area contributed by atoms with Crippen LogP contribution in [0.15, 0.2) is 24.3 Å². The molecule has 0 unspecified atom stereocenters. The molecule has 1 atom stereocenters. The number of benzene rings is 1. The average molecular weight is 288 g/mol. The largest absolute Gasteiger partial charge is 0.334 e. The Bertz CT molecular complexity index is 476. The zero-order chi connectivity index (χ0) is 15.4. The number of carbonyl (C=O) groups is 1. The first-order chi connectivity index (χ1) is 10.0. The second-order valence-electron chi connectivity index (χ2n) is 6.62. The van der Waals surface area contributed by atoms with E-state index in [1.54, 1.807) is 0 Å². The molecule has 1 aromatic rings. The Morgan fingerprint density at radius 3 is 2.57 bits per heavy atom. The van der Waals surface area contributed by atoms with E-state index in [0.29, 0.717) is 12.0 Å². The van der Waals surface area contributed by atoms with Gasteiger partial charge >= 0.3 is 0 Å². The average Bonchev–Trinajstić information content (AvgIpc) is 2.98. The van der Waals surface area contributed by atoms with Gasteiger partial charge in [-0.1, -0.05) is 52.0 Å². The van der Waals surface area contributed by atoms with Crippen LogP contribution in [-0.2, 0) is 11.3 Å². The third-order valence-electron chi connectivity index (χ3n) is 4.27. The van der Waals surface area contributed by atoms with Gasteiger partial charge in [-0.15, -0.1) is 0 Å². The molecule has 0 spiro atoms. The van der Waals surface area contributed by atoms with Crippen molar-refractivity contribution in [3.8, 4) is 0 Å². The molecule has 1 saturated heterocycles. The van der Waals surface area contributed by atoms with Crippen molar-refractivity contribution >= 4 is 5.91 Å². The normalized spacial score (nSPS) is 18.5. The monoisotopic (exact) mass is 288 g/mol. The van der Waals surface area contributed by atoms with E-state index >= 15 is 0 Å². The number of amides is 1. The molecule has 3 heteroatoms. The van der Waals surface area contributed by atoms with Crippen LogP contribution in [0.5, 0.6) is 0 Å². The molecule has 0 bridgehead atoms. The van der Waals surface area contributed by atoms with Crippen molar-refractivity contribution in [2.75, 3.05) is 13.1 Å². The predicted octanol–water partition coefficient (Wildman–Crippen LogP) is 3.16. The minimum Gasteiger partial charge on any atom is -0.334 e. The standard InChI is InChI=1S/C18H28N2O/c1-13(2)17-8-6-5-7-15(17)12-20(18(21)14(3)4)16-9-10-19-11-16/h5-8,13-14,16,19H,9-12H2,1-4H3/t16-/m0/s1. The van der Waals surface area contributed by atoms with Crippen LogP contribution in [0.25, 0.3) is 0 Å². The van der Waals surface area contributed by atoms with Crippen LogP contribution < -0.4 is 5.32 Å². The summed E-state index contributed by atoms with van der Waals surface area (Å²) in [5.74, 6) is 0.804. The van der Waals surface area contributed by atoms with E-state index < -0.39 is 0 Å². The minimum absolute atomic E-state index is 0.0526. The lowest BCUT2D eigenvalue weighted by atomic mass is 9.96. The summed E-state index contributed by atoms with van der Waals surface area (Å²) in [6.07, 6.45) is 1.06. The van der Waals surface area contributed by atoms with Gasteiger partial charge in [-0.25, -0.2) is 0 Å². The van der Waals surface area contributed by atoms with Crippen LogP contribution in [0.3, 0.4) is 0 Å². The minimum atomic E-state index is 0.0526. The van der Waals surface area contributed by atoms with Gasteiger partial charge in [-0.05, 0) is 30.0 Å². The Morgan fingerprint density at radius 2 is 2.00 bits per heavy atom. The van der Waals surface area contributed by atoms with Gasteiger partial charge in [0.2, 0.25) is 5.91 Å². The lowest BCUT2D eigenvalue weighted by molar-refractivity contribution is -0.137. The summed E-state index contributed by atoms with van der Waals surface area (Å²) in [4.78, 5) is 14.7. The highest BCUT2D eigenvalue weighted by Gasteiger charge is 2.28. The zero-order valence-electron chi connectivity index (χ0n) is 13.7. The van der Waals surface area contributed by atoms with E-state index in [4.69, 9.17) is 0 Å². The van der Waals surface area contributed by atoms with Crippen molar-refractivity contribution in [3.05, 3.63) is 35.4 Å². The molecule has 0 saturated carbocycles. The maximum atomic E-state index is 12.6. The summed E-state index contributed by atoms with van der Waals surface area (Å²) in [6, 6.07) is 8.85. The van der Waals surface area contributed by atoms with Crippen LogP contribution >= 0.6 is 0 Å². The first kappa shape index (κ1) is 16.0. The highest BCUT2D eigenvalue weighted by molar-refractivity contribution is 5.78. The van der Waals surface area contributed by atoms with E-state index in [0.717, 1.165) is 26.1 Å². The fourth-order valence-corrected chi connectivity index (χ4v) is 3.05. The van der Waals surface area contributed by atoms with Crippen molar-refractivity contribution in [3.63, 3.8) is 0 Å². The Morgan fingerprint density at radius 1 is 1.29 bits per heavy atom. The molecule has 0 aromatic heterocycles. The molecular weight excluding hydrogens is 260 g/mol. The van der Waals surface area contributed by atoms with Gasteiger partial charge < -0.3 is 10.2 Å². The molecule has 3 nitrogen and oxygen atoms in total. The van der Waals surface area contributed by atoms with E-state index in [-0.39, 0.29) is 11.8 Å². The maximum Gasteiger partial charge on any atom is 0.225 e. The molecule has 1 aromatic carbocycles. The van der Waals surface area contributed by atoms with Gasteiger partial charge in [0.05, 0.1) is 0 Å². The summed E-state index contributed by atoms with van der Waals surface area (Å²) >= 11 is 0. The fraction of sp³-hybridized carbons (Fsp3) is 0.611. The van der Waals surface area contributed by atoms with Gasteiger partial charge in [0, 0.05) is 25.0 Å². The SMILES string of the molecule is CC(C)C(=O)N(Cc1ccccc1C(C)C)[C@H]1CCNC1. The Kier molecular flexibility index (Phi) is 5.40. The highest BCUT2D eigenvalue weighted by atomic mass is 16.2. The lowest BCUT2D eigenvalue weighted by Gasteiger charge is -2.31. The maximum absolute atomic E-state index is 12.6. The van der Waals surface area contributed by atoms with Crippen molar-refractivity contribution in [1.82, 2.24) is 10.2 Å². The summed E-state index contributed by atoms with van der Waals surface area (Å²) in [6.45, 7) is 11.1. The highest BCUT2D eigenvalue weighted by Crippen LogP contribution is 2.23. The first-order valence-electron chi connectivity index (χ1n) is 8.09. The number of hydrogen-bond acceptors (Lipinski definition) is 2. The van der Waals surface area contributed by atoms with Crippen molar-refractivity contribution in [2.45, 2.75) is 52.6 Å². The van der Waals surface area contributed by atoms with E-state index in [2.05, 4.69) is 48.3 Å². The smallest absolute Gasteiger partial charge is 0.225 e. The van der Waals surface area contributed by atoms with E-state index in [1.165, 1.54) is 11.1 Å². The van der Waals surface area contributed by atoms with E-state index in [9.17, 15) is 4.79 Å². The molecule has 1 aliphatic rings. The van der Waals surface area contributed by atoms with Gasteiger partial charge in [0.1, 0.15) is 0 Å². The summed E-state index contributed by atoms with van der Waals surface area (Å²) < 4.78 is 0. The van der Waals surface area contributed by atoms with Crippen molar-refractivity contribution in [1.29, 1.82) is 0 Å². The number of carbonyl (C=O) groups excluding carboxylic acids is 1. The molecule has 0 radical (unpaired) electrons. The second kappa shape index (κ2) is 7.08. The van der Waals surface area contributed by atoms with Crippen molar-refractivity contribution in [2.24, 2.45) is 5.92 Å². The van der Waals surface area contributed by atoms with Crippen LogP contribution in [0.2, 0.25) is 0 Å². The topological polar surface area (TPSA) is 32.3 Å². The Balaban J connectivity index is 2.24. The first-order valence-corrected chi connectivity index (χ1v) is 8.09. The molecule has 1 fully saturated rings. The Labute approximate surface area is 128 Å². The number of rotatable bonds is 5. The number of nitrogens with zero attached hydrogens (tertiary/aromatic N) is 1. The summed E-state index contributed by atoms with van der Waals surface area (Å²) in [5.41, 5.74) is 2.64. The molecule has 1 heterocycles. The quantitative estimate of drug-likeness (QED) is 0.902. The van der Waals surface area contributed by atoms with E-state index in [1.807, 2.05) is 13.8 Å². The van der Waals surface area contributed by atoms with Crippen LogP contribution in [0, 0.1) is 5.92 Å². The molecular formula is C18H28N2O. The third kappa shape index (κ3) is 3.85. The van der Waals surface area contributed by atoms with Crippen LogP contribution in [0.1, 0.15) is 51.2 Å². The molecule has 21 heavy (non-hydrogen) atoms. The molecule has 0 aliphatic carbocycles. The number of nitrogens with one attached hydrogen (secondary N) is 1. The van der Waals surface area contributed by atoms with Gasteiger partial charge in [0.15, 0.2) is 0 Å². The number of hydrogen-bond donors (Lipinski definition) is 1. The zero-order valence-corrected chi connectivity index (χ0v) is 13.7. The van der Waals surface area contributed by atoms with Gasteiger partial charge in [-0.3, -0.25) is 4.79 Å².